The Morgan fingerprint density at radius 1 is 0.974 bits per heavy atom. The molecule has 0 bridgehead atoms. The van der Waals surface area contributed by atoms with Crippen LogP contribution in [-0.2, 0) is 16.3 Å². The molecule has 0 unspecified atom stereocenters. The molecule has 2 aromatic carbocycles. The molecule has 0 aliphatic carbocycles. The Morgan fingerprint density at radius 3 is 2.37 bits per heavy atom. The van der Waals surface area contributed by atoms with Crippen LogP contribution in [0.3, 0.4) is 0 Å². The summed E-state index contributed by atoms with van der Waals surface area (Å²) in [5.74, 6) is 0.235. The number of pyridine rings is 2. The van der Waals surface area contributed by atoms with E-state index in [4.69, 9.17) is 23.1 Å². The Kier molecular flexibility index (Phi) is 7.75. The van der Waals surface area contributed by atoms with Gasteiger partial charge in [0.2, 0.25) is 5.95 Å². The van der Waals surface area contributed by atoms with E-state index in [1.807, 2.05) is 55.5 Å². The summed E-state index contributed by atoms with van der Waals surface area (Å²) in [6, 6.07) is 18.7. The maximum Gasteiger partial charge on any atom is 0.264 e. The fraction of sp³-hybridized carbons (Fsp3) is 0.111. The van der Waals surface area contributed by atoms with Crippen LogP contribution in [0.5, 0.6) is 0 Å². The average molecular weight is 549 g/mol. The van der Waals surface area contributed by atoms with E-state index in [-0.39, 0.29) is 22.2 Å². The Hall–Kier alpha value is -4.28. The van der Waals surface area contributed by atoms with E-state index in [1.54, 1.807) is 10.6 Å². The van der Waals surface area contributed by atoms with Gasteiger partial charge in [0.15, 0.2) is 9.84 Å². The lowest BCUT2D eigenvalue weighted by Gasteiger charge is -2.14. The minimum Gasteiger partial charge on any atom is -0.383 e. The fourth-order valence-corrected chi connectivity index (χ4v) is 4.75. The van der Waals surface area contributed by atoms with E-state index >= 15 is 0 Å². The highest BCUT2D eigenvalue weighted by Crippen LogP contribution is 2.25. The van der Waals surface area contributed by atoms with Gasteiger partial charge in [-0.15, -0.1) is 0 Å². The first-order valence-corrected chi connectivity index (χ1v) is 13.8. The van der Waals surface area contributed by atoms with Gasteiger partial charge in [-0.3, -0.25) is 14.3 Å². The van der Waals surface area contributed by atoms with Gasteiger partial charge in [-0.05, 0) is 42.1 Å². The summed E-state index contributed by atoms with van der Waals surface area (Å²) >= 11 is 6.20. The van der Waals surface area contributed by atoms with Crippen LogP contribution in [0, 0.1) is 0 Å². The van der Waals surface area contributed by atoms with Crippen molar-refractivity contribution >= 4 is 44.0 Å². The molecule has 0 atom stereocenters. The van der Waals surface area contributed by atoms with Crippen molar-refractivity contribution in [3.05, 3.63) is 100 Å². The number of sulfone groups is 1. The van der Waals surface area contributed by atoms with E-state index < -0.39 is 9.84 Å². The number of hydrogen-bond acceptors (Lipinski definition) is 8. The Labute approximate surface area is 224 Å². The molecular weight excluding hydrogens is 524 g/mol. The predicted octanol–water partition coefficient (Wildman–Crippen LogP) is 4.31. The second kappa shape index (κ2) is 11.0. The summed E-state index contributed by atoms with van der Waals surface area (Å²) in [6.45, 7) is 2.05. The molecule has 194 valence electrons. The van der Waals surface area contributed by atoms with Gasteiger partial charge in [-0.2, -0.15) is 4.98 Å². The van der Waals surface area contributed by atoms with E-state index in [0.29, 0.717) is 21.5 Å². The third-order valence-corrected chi connectivity index (χ3v) is 7.13. The minimum atomic E-state index is -3.32. The van der Waals surface area contributed by atoms with Gasteiger partial charge in [-0.25, -0.2) is 13.4 Å². The Bertz CT molecular complexity index is 1790. The highest BCUT2D eigenvalue weighted by Gasteiger charge is 2.13. The molecule has 38 heavy (non-hydrogen) atoms. The molecule has 5 aromatic rings. The maximum absolute atomic E-state index is 12.8. The first-order valence-electron chi connectivity index (χ1n) is 11.5. The van der Waals surface area contributed by atoms with Crippen molar-refractivity contribution in [1.82, 2.24) is 19.5 Å². The van der Waals surface area contributed by atoms with Crippen molar-refractivity contribution in [2.45, 2.75) is 18.2 Å². The van der Waals surface area contributed by atoms with Crippen molar-refractivity contribution in [3.8, 4) is 16.8 Å². The quantitative estimate of drug-likeness (QED) is 0.337. The van der Waals surface area contributed by atoms with Gasteiger partial charge in [0.25, 0.3) is 5.56 Å². The van der Waals surface area contributed by atoms with Crippen molar-refractivity contribution in [3.63, 3.8) is 0 Å². The molecule has 0 fully saturated rings. The fourth-order valence-electron chi connectivity index (χ4n) is 3.89. The largest absolute Gasteiger partial charge is 0.383 e. The number of para-hydroxylation sites is 1. The summed E-state index contributed by atoms with van der Waals surface area (Å²) in [4.78, 5) is 24.4. The molecule has 4 N–H and O–H groups in total. The number of nitrogen functional groups attached to an aromatic ring is 2. The first-order chi connectivity index (χ1) is 18.1. The van der Waals surface area contributed by atoms with Crippen LogP contribution >= 0.6 is 11.6 Å². The van der Waals surface area contributed by atoms with Crippen LogP contribution in [0.25, 0.3) is 27.6 Å². The van der Waals surface area contributed by atoms with E-state index in [9.17, 15) is 13.2 Å². The molecule has 0 amide bonds. The van der Waals surface area contributed by atoms with Crippen LogP contribution in [0.15, 0.2) is 88.9 Å². The number of aryl methyl sites for hydroxylation is 1. The standard InChI is InChI=1S/C17H14ClNO.C10H11N5O2S/c1-2-13-11-12-7-6-10-15(18)16(12)17(20)19(13)14-8-4-3-5-9-14;1-18(16,17)7-2-6(3-13-4-7)8-5-14-10(12)15-9(8)11/h3-11H,2H2,1H3;2-5H,1H3,(H4,11,12,14,15). The molecule has 3 heterocycles. The smallest absolute Gasteiger partial charge is 0.264 e. The average Bonchev–Trinajstić information content (AvgIpc) is 2.89. The van der Waals surface area contributed by atoms with Crippen LogP contribution in [0.1, 0.15) is 12.6 Å². The molecular formula is C27H25ClN6O3S. The molecule has 0 radical (unpaired) electrons. The summed E-state index contributed by atoms with van der Waals surface area (Å²) in [5, 5.41) is 1.97. The Morgan fingerprint density at radius 2 is 1.71 bits per heavy atom. The number of fused-ring (bicyclic) bond motifs is 1. The number of hydrogen-bond donors (Lipinski definition) is 2. The van der Waals surface area contributed by atoms with Crippen molar-refractivity contribution in [2.24, 2.45) is 0 Å². The van der Waals surface area contributed by atoms with E-state index in [2.05, 4.69) is 15.0 Å². The van der Waals surface area contributed by atoms with Crippen LogP contribution < -0.4 is 17.0 Å². The molecule has 0 aliphatic heterocycles. The second-order valence-corrected chi connectivity index (χ2v) is 10.8. The molecule has 9 nitrogen and oxygen atoms in total. The lowest BCUT2D eigenvalue weighted by Crippen LogP contribution is -2.22. The number of nitrogens with zero attached hydrogens (tertiary/aromatic N) is 4. The number of benzene rings is 2. The SMILES string of the molecule is CCc1cc2cccc(Cl)c2c(=O)n1-c1ccccc1.CS(=O)(=O)c1cncc(-c2cnc(N)nc2N)c1. The molecule has 0 spiro atoms. The van der Waals surface area contributed by atoms with Gasteiger partial charge < -0.3 is 11.5 Å². The maximum atomic E-state index is 12.8. The second-order valence-electron chi connectivity index (χ2n) is 8.38. The molecule has 5 rings (SSSR count). The number of anilines is 2. The lowest BCUT2D eigenvalue weighted by atomic mass is 10.1. The molecule has 0 aliphatic rings. The number of aromatic nitrogens is 4. The van der Waals surface area contributed by atoms with Gasteiger partial charge in [0.1, 0.15) is 5.82 Å². The summed E-state index contributed by atoms with van der Waals surface area (Å²) in [6.07, 6.45) is 6.08. The highest BCUT2D eigenvalue weighted by atomic mass is 35.5. The summed E-state index contributed by atoms with van der Waals surface area (Å²) in [5.41, 5.74) is 13.9. The summed E-state index contributed by atoms with van der Waals surface area (Å²) in [7, 11) is -3.32. The topological polar surface area (TPSA) is 147 Å². The van der Waals surface area contributed by atoms with Gasteiger partial charge >= 0.3 is 0 Å². The van der Waals surface area contributed by atoms with Crippen LogP contribution in [-0.4, -0.2) is 34.2 Å². The van der Waals surface area contributed by atoms with Crippen LogP contribution in [0.4, 0.5) is 11.8 Å². The van der Waals surface area contributed by atoms with Gasteiger partial charge in [0, 0.05) is 47.4 Å². The van der Waals surface area contributed by atoms with Gasteiger partial charge in [-0.1, -0.05) is 48.9 Å². The van der Waals surface area contributed by atoms with E-state index in [0.717, 1.165) is 29.4 Å². The lowest BCUT2D eigenvalue weighted by molar-refractivity contribution is 0.601. The number of rotatable bonds is 4. The molecule has 3 aromatic heterocycles. The highest BCUT2D eigenvalue weighted by molar-refractivity contribution is 7.90. The monoisotopic (exact) mass is 548 g/mol. The van der Waals surface area contributed by atoms with Crippen molar-refractivity contribution in [1.29, 1.82) is 0 Å². The predicted molar refractivity (Wildman–Crippen MR) is 151 cm³/mol. The molecule has 0 saturated carbocycles. The zero-order chi connectivity index (χ0) is 27.4. The Balaban J connectivity index is 0.000000178. The number of nitrogens with two attached hydrogens (primary N) is 2. The number of halogens is 1. The normalized spacial score (nSPS) is 11.1. The van der Waals surface area contributed by atoms with Crippen molar-refractivity contribution < 1.29 is 8.42 Å². The third-order valence-electron chi connectivity index (χ3n) is 5.74. The molecule has 0 saturated heterocycles. The molecule has 11 heteroatoms. The minimum absolute atomic E-state index is 0.0588. The zero-order valence-electron chi connectivity index (χ0n) is 20.7. The zero-order valence-corrected chi connectivity index (χ0v) is 22.2. The van der Waals surface area contributed by atoms with Crippen LogP contribution in [0.2, 0.25) is 5.02 Å². The summed E-state index contributed by atoms with van der Waals surface area (Å²) < 4.78 is 24.6. The van der Waals surface area contributed by atoms with Crippen molar-refractivity contribution in [2.75, 3.05) is 17.7 Å². The van der Waals surface area contributed by atoms with Gasteiger partial charge in [0.05, 0.1) is 15.3 Å². The first kappa shape index (κ1) is 26.8. The van der Waals surface area contributed by atoms with E-state index in [1.165, 1.54) is 24.7 Å². The third kappa shape index (κ3) is 5.66.